The number of nitrogens with zero attached hydrogens (tertiary/aromatic N) is 3. The first kappa shape index (κ1) is 29.5. The van der Waals surface area contributed by atoms with E-state index in [-0.39, 0.29) is 18.4 Å². The average molecular weight is 563 g/mol. The van der Waals surface area contributed by atoms with E-state index >= 15 is 0 Å². The number of dihydropyridines is 1. The van der Waals surface area contributed by atoms with E-state index in [0.717, 1.165) is 97.9 Å². The summed E-state index contributed by atoms with van der Waals surface area (Å²) in [6.45, 7) is 13.7. The summed E-state index contributed by atoms with van der Waals surface area (Å²) < 4.78 is 12.1. The topological polar surface area (TPSA) is 87.4 Å². The van der Waals surface area contributed by atoms with Gasteiger partial charge < -0.3 is 19.4 Å². The molecule has 1 atom stereocenters. The highest BCUT2D eigenvalue weighted by atomic mass is 16.5. The lowest BCUT2D eigenvalue weighted by Crippen LogP contribution is -2.40. The number of hydrogen-bond acceptors (Lipinski definition) is 6. The Morgan fingerprint density at radius 1 is 1.10 bits per heavy atom. The number of likely N-dealkylation sites (tertiary alicyclic amines) is 1. The average Bonchev–Trinajstić information content (AvgIpc) is 3.38. The quantitative estimate of drug-likeness (QED) is 0.402. The van der Waals surface area contributed by atoms with Crippen molar-refractivity contribution in [3.63, 3.8) is 0 Å². The van der Waals surface area contributed by atoms with Crippen molar-refractivity contribution in [2.45, 2.75) is 85.2 Å². The minimum absolute atomic E-state index is 0.156. The third-order valence-electron chi connectivity index (χ3n) is 8.95. The predicted molar refractivity (Wildman–Crippen MR) is 164 cm³/mol. The number of carbonyl (C=O) groups excluding carboxylic acids is 2. The van der Waals surface area contributed by atoms with E-state index in [4.69, 9.17) is 9.15 Å². The van der Waals surface area contributed by atoms with Crippen LogP contribution in [0.15, 0.2) is 33.2 Å². The lowest BCUT2D eigenvalue weighted by Gasteiger charge is -2.37. The lowest BCUT2D eigenvalue weighted by atomic mass is 9.91. The number of furan rings is 1. The Bertz CT molecular complexity index is 1310. The van der Waals surface area contributed by atoms with Gasteiger partial charge in [-0.15, -0.1) is 0 Å². The molecule has 2 saturated heterocycles. The van der Waals surface area contributed by atoms with Crippen molar-refractivity contribution in [3.05, 3.63) is 40.7 Å². The molecular formula is C33H46N4O4. The van der Waals surface area contributed by atoms with Gasteiger partial charge in [0.1, 0.15) is 11.3 Å². The Hall–Kier alpha value is -2.97. The van der Waals surface area contributed by atoms with Crippen LogP contribution in [-0.2, 0) is 22.5 Å². The molecule has 8 nitrogen and oxygen atoms in total. The molecule has 1 unspecified atom stereocenters. The van der Waals surface area contributed by atoms with Gasteiger partial charge in [0.05, 0.1) is 18.0 Å². The molecule has 1 aromatic heterocycles. The van der Waals surface area contributed by atoms with E-state index in [1.54, 1.807) is 0 Å². The molecule has 4 heterocycles. The Kier molecular flexibility index (Phi) is 9.60. The number of amides is 2. The van der Waals surface area contributed by atoms with Gasteiger partial charge in [-0.3, -0.25) is 14.5 Å². The van der Waals surface area contributed by atoms with Crippen LogP contribution in [0.1, 0.15) is 87.9 Å². The maximum absolute atomic E-state index is 14.1. The van der Waals surface area contributed by atoms with Crippen LogP contribution in [0.5, 0.6) is 0 Å². The molecule has 3 aliphatic rings. The molecule has 0 radical (unpaired) electrons. The Labute approximate surface area is 244 Å². The molecule has 8 heteroatoms. The molecule has 5 rings (SSSR count). The molecule has 2 fully saturated rings. The van der Waals surface area contributed by atoms with Gasteiger partial charge in [-0.1, -0.05) is 25.8 Å². The van der Waals surface area contributed by atoms with Crippen LogP contribution in [0.25, 0.3) is 11.0 Å². The fourth-order valence-electron chi connectivity index (χ4n) is 6.84. The summed E-state index contributed by atoms with van der Waals surface area (Å²) in [5, 5.41) is 3.99. The van der Waals surface area contributed by atoms with Crippen molar-refractivity contribution in [1.82, 2.24) is 10.2 Å². The second-order valence-corrected chi connectivity index (χ2v) is 11.6. The van der Waals surface area contributed by atoms with Crippen LogP contribution in [-0.4, -0.2) is 67.9 Å². The van der Waals surface area contributed by atoms with Gasteiger partial charge in [0.2, 0.25) is 0 Å². The van der Waals surface area contributed by atoms with Gasteiger partial charge in [-0.05, 0) is 83.2 Å². The fraction of sp³-hybridized carbons (Fsp3) is 0.606. The third kappa shape index (κ3) is 6.44. The van der Waals surface area contributed by atoms with E-state index < -0.39 is 5.92 Å². The molecule has 3 aliphatic heterocycles. The highest BCUT2D eigenvalue weighted by molar-refractivity contribution is 6.10. The molecule has 2 aromatic rings. The smallest absolute Gasteiger partial charge is 0.254 e. The SMILES string of the molecule is CCC1=CC(C)=NC(=O)C1CNC(=O)c1c(CC)c(N(CC)C2CCOCC2)cc2oc(CN3CCCCC3)cc12. The minimum atomic E-state index is -0.426. The number of anilines is 1. The highest BCUT2D eigenvalue weighted by Gasteiger charge is 2.30. The maximum Gasteiger partial charge on any atom is 0.254 e. The van der Waals surface area contributed by atoms with Crippen molar-refractivity contribution in [2.24, 2.45) is 10.9 Å². The minimum Gasteiger partial charge on any atom is -0.460 e. The van der Waals surface area contributed by atoms with Gasteiger partial charge >= 0.3 is 0 Å². The molecule has 0 aliphatic carbocycles. The van der Waals surface area contributed by atoms with Crippen molar-refractivity contribution < 1.29 is 18.7 Å². The highest BCUT2D eigenvalue weighted by Crippen LogP contribution is 2.37. The second kappa shape index (κ2) is 13.3. The van der Waals surface area contributed by atoms with Gasteiger partial charge in [-0.2, -0.15) is 0 Å². The van der Waals surface area contributed by atoms with E-state index in [1.165, 1.54) is 19.3 Å². The molecule has 0 spiro atoms. The molecule has 0 saturated carbocycles. The molecule has 222 valence electrons. The zero-order chi connectivity index (χ0) is 28.9. The second-order valence-electron chi connectivity index (χ2n) is 11.6. The number of piperidine rings is 1. The van der Waals surface area contributed by atoms with Crippen LogP contribution >= 0.6 is 0 Å². The van der Waals surface area contributed by atoms with Crippen LogP contribution < -0.4 is 10.2 Å². The molecule has 1 N–H and O–H groups in total. The number of benzene rings is 1. The number of aliphatic imine (C=N–C) groups is 1. The Morgan fingerprint density at radius 3 is 2.54 bits per heavy atom. The van der Waals surface area contributed by atoms with E-state index in [9.17, 15) is 9.59 Å². The van der Waals surface area contributed by atoms with Crippen LogP contribution in [0.4, 0.5) is 5.69 Å². The van der Waals surface area contributed by atoms with E-state index in [0.29, 0.717) is 18.0 Å². The summed E-state index contributed by atoms with van der Waals surface area (Å²) in [7, 11) is 0. The van der Waals surface area contributed by atoms with Crippen molar-refractivity contribution >= 4 is 34.2 Å². The summed E-state index contributed by atoms with van der Waals surface area (Å²) in [6, 6.07) is 4.58. The first-order chi connectivity index (χ1) is 19.9. The predicted octanol–water partition coefficient (Wildman–Crippen LogP) is 5.67. The number of hydrogen-bond donors (Lipinski definition) is 1. The summed E-state index contributed by atoms with van der Waals surface area (Å²) in [5.74, 6) is 0.134. The fourth-order valence-corrected chi connectivity index (χ4v) is 6.84. The number of rotatable bonds is 10. The largest absolute Gasteiger partial charge is 0.460 e. The zero-order valence-electron chi connectivity index (χ0n) is 25.3. The number of fused-ring (bicyclic) bond motifs is 1. The molecule has 1 aromatic carbocycles. The summed E-state index contributed by atoms with van der Waals surface area (Å²) in [4.78, 5) is 36.0. The third-order valence-corrected chi connectivity index (χ3v) is 8.95. The van der Waals surface area contributed by atoms with Crippen LogP contribution in [0, 0.1) is 5.92 Å². The molecule has 2 amide bonds. The summed E-state index contributed by atoms with van der Waals surface area (Å²) >= 11 is 0. The lowest BCUT2D eigenvalue weighted by molar-refractivity contribution is -0.120. The summed E-state index contributed by atoms with van der Waals surface area (Å²) in [6.07, 6.45) is 9.08. The number of nitrogens with one attached hydrogen (secondary N) is 1. The monoisotopic (exact) mass is 562 g/mol. The molecular weight excluding hydrogens is 516 g/mol. The maximum atomic E-state index is 14.1. The normalized spacial score (nSPS) is 20.7. The van der Waals surface area contributed by atoms with Crippen molar-refractivity contribution in [2.75, 3.05) is 44.3 Å². The number of ether oxygens (including phenoxy) is 1. The van der Waals surface area contributed by atoms with Gasteiger partial charge in [0.25, 0.3) is 11.8 Å². The first-order valence-electron chi connectivity index (χ1n) is 15.7. The van der Waals surface area contributed by atoms with Crippen LogP contribution in [0.3, 0.4) is 0 Å². The number of carbonyl (C=O) groups is 2. The zero-order valence-corrected chi connectivity index (χ0v) is 25.3. The van der Waals surface area contributed by atoms with Gasteiger partial charge in [0.15, 0.2) is 0 Å². The van der Waals surface area contributed by atoms with Crippen molar-refractivity contribution in [1.29, 1.82) is 0 Å². The number of allylic oxidation sites excluding steroid dienone is 1. The Morgan fingerprint density at radius 2 is 1.85 bits per heavy atom. The first-order valence-corrected chi connectivity index (χ1v) is 15.7. The van der Waals surface area contributed by atoms with Gasteiger partial charge in [-0.25, -0.2) is 4.99 Å². The Balaban J connectivity index is 1.52. The van der Waals surface area contributed by atoms with Gasteiger partial charge in [0, 0.05) is 55.2 Å². The van der Waals surface area contributed by atoms with Crippen LogP contribution in [0.2, 0.25) is 0 Å². The summed E-state index contributed by atoms with van der Waals surface area (Å²) in [5.41, 5.74) is 5.27. The molecule has 41 heavy (non-hydrogen) atoms. The standard InChI is InChI=1S/C33H46N4O4/c1-5-23-17-22(4)35-32(38)28(23)20-34-33(39)31-26(6-2)29(37(7-3)24-11-15-40-16-12-24)19-30-27(31)18-25(41-30)21-36-13-9-8-10-14-36/h17-19,24,28H,5-16,20-21H2,1-4H3,(H,34,39). The molecule has 0 bridgehead atoms. The van der Waals surface area contributed by atoms with E-state index in [1.807, 2.05) is 19.9 Å². The van der Waals surface area contributed by atoms with E-state index in [2.05, 4.69) is 46.1 Å². The van der Waals surface area contributed by atoms with Crippen molar-refractivity contribution in [3.8, 4) is 0 Å².